The van der Waals surface area contributed by atoms with E-state index in [4.69, 9.17) is 0 Å². The molecule has 3 rings (SSSR count). The fourth-order valence-corrected chi connectivity index (χ4v) is 3.79. The van der Waals surface area contributed by atoms with Crippen molar-refractivity contribution in [3.05, 3.63) is 50.3 Å². The minimum absolute atomic E-state index is 0.207. The van der Waals surface area contributed by atoms with Crippen LogP contribution in [0.3, 0.4) is 0 Å². The SMILES string of the molecule is Cc1cc(C(=O)NC2(c3nccs3)CCCC2)cc(=O)[nH]1. The van der Waals surface area contributed by atoms with E-state index in [0.29, 0.717) is 11.3 Å². The van der Waals surface area contributed by atoms with Crippen molar-refractivity contribution in [2.45, 2.75) is 38.1 Å². The number of rotatable bonds is 3. The molecule has 110 valence electrons. The van der Waals surface area contributed by atoms with E-state index in [1.54, 1.807) is 30.5 Å². The molecule has 2 heterocycles. The van der Waals surface area contributed by atoms with Crippen molar-refractivity contribution in [3.63, 3.8) is 0 Å². The van der Waals surface area contributed by atoms with Crippen molar-refractivity contribution < 1.29 is 4.79 Å². The Morgan fingerprint density at radius 1 is 1.38 bits per heavy atom. The lowest BCUT2D eigenvalue weighted by molar-refractivity contribution is 0.0897. The molecule has 6 heteroatoms. The molecule has 0 unspecified atom stereocenters. The number of nitrogens with zero attached hydrogens (tertiary/aromatic N) is 1. The first kappa shape index (κ1) is 14.0. The van der Waals surface area contributed by atoms with E-state index in [1.165, 1.54) is 6.07 Å². The Morgan fingerprint density at radius 3 is 2.76 bits per heavy atom. The van der Waals surface area contributed by atoms with E-state index in [0.717, 1.165) is 30.7 Å². The quantitative estimate of drug-likeness (QED) is 0.914. The van der Waals surface area contributed by atoms with Gasteiger partial charge in [-0.1, -0.05) is 12.8 Å². The van der Waals surface area contributed by atoms with Gasteiger partial charge in [-0.05, 0) is 25.8 Å². The summed E-state index contributed by atoms with van der Waals surface area (Å²) in [6.45, 7) is 1.77. The standard InChI is InChI=1S/C15H17N3O2S/c1-10-8-11(9-12(19)17-10)13(20)18-15(4-2-3-5-15)14-16-6-7-21-14/h6-9H,2-5H2,1H3,(H,17,19)(H,18,20). The number of carbonyl (C=O) groups is 1. The largest absolute Gasteiger partial charge is 0.340 e. The molecule has 5 nitrogen and oxygen atoms in total. The summed E-state index contributed by atoms with van der Waals surface area (Å²) in [6, 6.07) is 3.04. The average Bonchev–Trinajstić information content (AvgIpc) is 3.08. The van der Waals surface area contributed by atoms with Crippen molar-refractivity contribution >= 4 is 17.2 Å². The third-order valence-electron chi connectivity index (χ3n) is 3.89. The number of hydrogen-bond donors (Lipinski definition) is 2. The zero-order valence-corrected chi connectivity index (χ0v) is 12.6. The monoisotopic (exact) mass is 303 g/mol. The van der Waals surface area contributed by atoms with Gasteiger partial charge >= 0.3 is 0 Å². The third kappa shape index (κ3) is 2.76. The first-order chi connectivity index (χ1) is 10.1. The molecule has 1 saturated carbocycles. The van der Waals surface area contributed by atoms with Gasteiger partial charge in [-0.2, -0.15) is 0 Å². The van der Waals surface area contributed by atoms with E-state index >= 15 is 0 Å². The Balaban J connectivity index is 1.90. The summed E-state index contributed by atoms with van der Waals surface area (Å²) >= 11 is 1.57. The summed E-state index contributed by atoms with van der Waals surface area (Å²) in [6.07, 6.45) is 5.72. The molecule has 0 radical (unpaired) electrons. The summed E-state index contributed by atoms with van der Waals surface area (Å²) in [5, 5.41) is 6.00. The number of thiazole rings is 1. The van der Waals surface area contributed by atoms with Gasteiger partial charge in [0.15, 0.2) is 0 Å². The van der Waals surface area contributed by atoms with Crippen LogP contribution in [-0.4, -0.2) is 15.9 Å². The van der Waals surface area contributed by atoms with Crippen LogP contribution in [0, 0.1) is 6.92 Å². The molecule has 1 amide bonds. The maximum absolute atomic E-state index is 12.5. The normalized spacial score (nSPS) is 16.8. The molecule has 0 atom stereocenters. The molecule has 0 spiro atoms. The Hall–Kier alpha value is -1.95. The Labute approximate surface area is 126 Å². The van der Waals surface area contributed by atoms with Gasteiger partial charge in [0.1, 0.15) is 5.01 Å². The van der Waals surface area contributed by atoms with Gasteiger partial charge in [0, 0.05) is 28.9 Å². The first-order valence-corrected chi connectivity index (χ1v) is 7.90. The van der Waals surface area contributed by atoms with Crippen molar-refractivity contribution in [1.82, 2.24) is 15.3 Å². The van der Waals surface area contributed by atoms with Crippen LogP contribution in [0.25, 0.3) is 0 Å². The number of hydrogen-bond acceptors (Lipinski definition) is 4. The Morgan fingerprint density at radius 2 is 2.14 bits per heavy atom. The highest BCUT2D eigenvalue weighted by atomic mass is 32.1. The second-order valence-corrected chi connectivity index (χ2v) is 6.39. The molecule has 1 aliphatic rings. The van der Waals surface area contributed by atoms with E-state index in [2.05, 4.69) is 15.3 Å². The van der Waals surface area contributed by atoms with Crippen LogP contribution in [0.15, 0.2) is 28.5 Å². The molecule has 21 heavy (non-hydrogen) atoms. The fraction of sp³-hybridized carbons (Fsp3) is 0.400. The molecule has 0 aliphatic heterocycles. The van der Waals surface area contributed by atoms with Crippen LogP contribution in [0.5, 0.6) is 0 Å². The molecular weight excluding hydrogens is 286 g/mol. The summed E-state index contributed by atoms with van der Waals surface area (Å²) < 4.78 is 0. The molecule has 2 aromatic heterocycles. The highest BCUT2D eigenvalue weighted by molar-refractivity contribution is 7.09. The van der Waals surface area contributed by atoms with Crippen LogP contribution in [0.4, 0.5) is 0 Å². The van der Waals surface area contributed by atoms with E-state index < -0.39 is 0 Å². The van der Waals surface area contributed by atoms with Gasteiger partial charge in [0.25, 0.3) is 5.91 Å². The van der Waals surface area contributed by atoms with Crippen molar-refractivity contribution in [1.29, 1.82) is 0 Å². The van der Waals surface area contributed by atoms with Gasteiger partial charge in [-0.15, -0.1) is 11.3 Å². The second kappa shape index (κ2) is 5.44. The van der Waals surface area contributed by atoms with Gasteiger partial charge in [0.05, 0.1) is 5.54 Å². The van der Waals surface area contributed by atoms with Crippen LogP contribution in [0.2, 0.25) is 0 Å². The van der Waals surface area contributed by atoms with Gasteiger partial charge < -0.3 is 10.3 Å². The molecule has 0 bridgehead atoms. The molecule has 1 fully saturated rings. The molecule has 2 N–H and O–H groups in total. The summed E-state index contributed by atoms with van der Waals surface area (Å²) in [7, 11) is 0. The van der Waals surface area contributed by atoms with Crippen LogP contribution in [-0.2, 0) is 5.54 Å². The number of pyridine rings is 1. The molecule has 2 aromatic rings. The van der Waals surface area contributed by atoms with Crippen molar-refractivity contribution in [3.8, 4) is 0 Å². The maximum Gasteiger partial charge on any atom is 0.252 e. The van der Waals surface area contributed by atoms with Crippen molar-refractivity contribution in [2.75, 3.05) is 0 Å². The molecule has 0 saturated heterocycles. The lowest BCUT2D eigenvalue weighted by atomic mass is 9.97. The van der Waals surface area contributed by atoms with E-state index in [1.807, 2.05) is 5.38 Å². The van der Waals surface area contributed by atoms with Crippen LogP contribution in [0.1, 0.15) is 46.7 Å². The van der Waals surface area contributed by atoms with E-state index in [9.17, 15) is 9.59 Å². The average molecular weight is 303 g/mol. The summed E-state index contributed by atoms with van der Waals surface area (Å²) in [5.41, 5.74) is 0.457. The lowest BCUT2D eigenvalue weighted by Gasteiger charge is -2.28. The number of aromatic amines is 1. The van der Waals surface area contributed by atoms with Crippen molar-refractivity contribution in [2.24, 2.45) is 0 Å². The molecule has 0 aromatic carbocycles. The maximum atomic E-state index is 12.5. The number of nitrogens with one attached hydrogen (secondary N) is 2. The predicted octanol–water partition coefficient (Wildman–Crippen LogP) is 2.34. The van der Waals surface area contributed by atoms with Gasteiger partial charge in [-0.3, -0.25) is 9.59 Å². The zero-order chi connectivity index (χ0) is 14.9. The minimum Gasteiger partial charge on any atom is -0.340 e. The van der Waals surface area contributed by atoms with Gasteiger partial charge in [-0.25, -0.2) is 4.98 Å². The number of H-pyrrole nitrogens is 1. The highest BCUT2D eigenvalue weighted by Gasteiger charge is 2.39. The van der Waals surface area contributed by atoms with Gasteiger partial charge in [0.2, 0.25) is 5.56 Å². The first-order valence-electron chi connectivity index (χ1n) is 7.03. The summed E-state index contributed by atoms with van der Waals surface area (Å²) in [4.78, 5) is 31.1. The number of aryl methyl sites for hydroxylation is 1. The highest BCUT2D eigenvalue weighted by Crippen LogP contribution is 2.39. The van der Waals surface area contributed by atoms with Crippen LogP contribution < -0.4 is 10.9 Å². The second-order valence-electron chi connectivity index (χ2n) is 5.50. The van der Waals surface area contributed by atoms with E-state index in [-0.39, 0.29) is 17.0 Å². The Kier molecular flexibility index (Phi) is 3.63. The third-order valence-corrected chi connectivity index (χ3v) is 4.87. The molecule has 1 aliphatic carbocycles. The lowest BCUT2D eigenvalue weighted by Crippen LogP contribution is -2.44. The molecular formula is C15H17N3O2S. The predicted molar refractivity (Wildman–Crippen MR) is 81.5 cm³/mol. The zero-order valence-electron chi connectivity index (χ0n) is 11.8. The topological polar surface area (TPSA) is 74.8 Å². The number of carbonyl (C=O) groups excluding carboxylic acids is 1. The van der Waals surface area contributed by atoms with Crippen LogP contribution >= 0.6 is 11.3 Å². The number of amides is 1. The fourth-order valence-electron chi connectivity index (χ4n) is 2.93. The Bertz CT molecular complexity index is 700. The smallest absolute Gasteiger partial charge is 0.252 e. The summed E-state index contributed by atoms with van der Waals surface area (Å²) in [5.74, 6) is -0.207. The number of aromatic nitrogens is 2. The minimum atomic E-state index is -0.373.